The lowest BCUT2D eigenvalue weighted by molar-refractivity contribution is 0.272. The van der Waals surface area contributed by atoms with Gasteiger partial charge < -0.3 is 9.47 Å². The Morgan fingerprint density at radius 2 is 1.81 bits per heavy atom. The van der Waals surface area contributed by atoms with Gasteiger partial charge in [-0.15, -0.1) is 0 Å². The van der Waals surface area contributed by atoms with Gasteiger partial charge in [-0.3, -0.25) is 4.99 Å². The van der Waals surface area contributed by atoms with Crippen molar-refractivity contribution in [2.45, 2.75) is 33.1 Å². The van der Waals surface area contributed by atoms with Gasteiger partial charge >= 0.3 is 0 Å². The van der Waals surface area contributed by atoms with Crippen LogP contribution in [-0.2, 0) is 6.42 Å². The highest BCUT2D eigenvalue weighted by Crippen LogP contribution is 2.33. The molecule has 0 amide bonds. The summed E-state index contributed by atoms with van der Waals surface area (Å²) in [5.74, 6) is 1.63. The van der Waals surface area contributed by atoms with Gasteiger partial charge in [0.25, 0.3) is 0 Å². The number of hydrogen-bond donors (Lipinski definition) is 0. The summed E-state index contributed by atoms with van der Waals surface area (Å²) in [5.41, 5.74) is 4.46. The molecular weight excluding hydrogens is 358 g/mol. The predicted molar refractivity (Wildman–Crippen MR) is 114 cm³/mol. The highest BCUT2D eigenvalue weighted by molar-refractivity contribution is 6.30. The molecule has 3 rings (SSSR count). The molecule has 0 saturated carbocycles. The molecule has 0 fully saturated rings. The van der Waals surface area contributed by atoms with E-state index in [1.807, 2.05) is 31.2 Å². The fourth-order valence-electron chi connectivity index (χ4n) is 3.03. The minimum atomic E-state index is 0.607. The smallest absolute Gasteiger partial charge is 0.161 e. The van der Waals surface area contributed by atoms with E-state index in [1.165, 1.54) is 5.56 Å². The lowest BCUT2D eigenvalue weighted by Gasteiger charge is -2.19. The van der Waals surface area contributed by atoms with E-state index in [0.717, 1.165) is 59.2 Å². The largest absolute Gasteiger partial charge is 0.490 e. The van der Waals surface area contributed by atoms with Crippen LogP contribution >= 0.6 is 11.6 Å². The summed E-state index contributed by atoms with van der Waals surface area (Å²) in [7, 11) is 0. The fourth-order valence-corrected chi connectivity index (χ4v) is 3.15. The van der Waals surface area contributed by atoms with Gasteiger partial charge in [0.2, 0.25) is 0 Å². The minimum Gasteiger partial charge on any atom is -0.490 e. The van der Waals surface area contributed by atoms with Crippen LogP contribution < -0.4 is 9.47 Å². The number of hydrogen-bond acceptors (Lipinski definition) is 3. The molecule has 3 nitrogen and oxygen atoms in total. The molecule has 1 aliphatic rings. The molecule has 0 radical (unpaired) electrons. The molecular formula is C23H26ClNO2. The molecule has 0 spiro atoms. The average Bonchev–Trinajstić information content (AvgIpc) is 2.68. The second kappa shape index (κ2) is 9.61. The lowest BCUT2D eigenvalue weighted by atomic mass is 9.96. The summed E-state index contributed by atoms with van der Waals surface area (Å²) in [6.07, 6.45) is 7.20. The Bertz CT molecular complexity index is 825. The van der Waals surface area contributed by atoms with Crippen molar-refractivity contribution in [1.82, 2.24) is 0 Å². The molecule has 27 heavy (non-hydrogen) atoms. The molecule has 4 heteroatoms. The standard InChI is InChI=1S/C23H26ClNO2/c1-3-5-14-27-22-15-18-12-13-25-21(20(18)16-23(22)26-4-2)11-8-17-6-9-19(24)10-7-17/h6-11,15-16H,3-5,12-14H2,1-2H3/b11-8+. The van der Waals surface area contributed by atoms with E-state index in [1.54, 1.807) is 0 Å². The summed E-state index contributed by atoms with van der Waals surface area (Å²) in [6.45, 7) is 6.26. The van der Waals surface area contributed by atoms with E-state index in [2.05, 4.69) is 31.2 Å². The van der Waals surface area contributed by atoms with Crippen LogP contribution in [0.2, 0.25) is 5.02 Å². The molecule has 0 saturated heterocycles. The predicted octanol–water partition coefficient (Wildman–Crippen LogP) is 5.98. The molecule has 0 atom stereocenters. The van der Waals surface area contributed by atoms with Crippen molar-refractivity contribution in [3.05, 3.63) is 64.2 Å². The molecule has 2 aromatic rings. The van der Waals surface area contributed by atoms with Crippen LogP contribution in [0.5, 0.6) is 11.5 Å². The number of rotatable bonds is 8. The molecule has 0 aliphatic carbocycles. The number of allylic oxidation sites excluding steroid dienone is 1. The lowest BCUT2D eigenvalue weighted by Crippen LogP contribution is -2.12. The number of ether oxygens (including phenoxy) is 2. The molecule has 0 aromatic heterocycles. The summed E-state index contributed by atoms with van der Waals surface area (Å²) >= 11 is 5.96. The van der Waals surface area contributed by atoms with Gasteiger partial charge in [-0.2, -0.15) is 0 Å². The van der Waals surface area contributed by atoms with Crippen molar-refractivity contribution >= 4 is 23.4 Å². The maximum absolute atomic E-state index is 5.98. The molecule has 0 bridgehead atoms. The van der Waals surface area contributed by atoms with Crippen molar-refractivity contribution < 1.29 is 9.47 Å². The van der Waals surface area contributed by atoms with Crippen LogP contribution in [0.25, 0.3) is 6.08 Å². The van der Waals surface area contributed by atoms with E-state index < -0.39 is 0 Å². The molecule has 0 N–H and O–H groups in total. The van der Waals surface area contributed by atoms with Crippen LogP contribution in [0.15, 0.2) is 47.5 Å². The number of halogens is 1. The van der Waals surface area contributed by atoms with Crippen LogP contribution in [0.4, 0.5) is 0 Å². The number of aliphatic imine (C=N–C) groups is 1. The normalized spacial score (nSPS) is 13.4. The topological polar surface area (TPSA) is 30.8 Å². The Balaban J connectivity index is 1.87. The zero-order valence-electron chi connectivity index (χ0n) is 16.0. The molecule has 1 heterocycles. The van der Waals surface area contributed by atoms with Crippen molar-refractivity contribution in [1.29, 1.82) is 0 Å². The van der Waals surface area contributed by atoms with E-state index in [-0.39, 0.29) is 0 Å². The van der Waals surface area contributed by atoms with E-state index in [0.29, 0.717) is 13.2 Å². The van der Waals surface area contributed by atoms with Gasteiger partial charge in [0, 0.05) is 17.1 Å². The van der Waals surface area contributed by atoms with E-state index in [4.69, 9.17) is 26.1 Å². The van der Waals surface area contributed by atoms with Gasteiger partial charge in [-0.25, -0.2) is 0 Å². The third-order valence-corrected chi connectivity index (χ3v) is 4.72. The molecule has 1 aliphatic heterocycles. The summed E-state index contributed by atoms with van der Waals surface area (Å²) in [6, 6.07) is 12.0. The summed E-state index contributed by atoms with van der Waals surface area (Å²) in [4.78, 5) is 4.72. The first kappa shape index (κ1) is 19.5. The monoisotopic (exact) mass is 383 g/mol. The minimum absolute atomic E-state index is 0.607. The van der Waals surface area contributed by atoms with Crippen LogP contribution in [-0.4, -0.2) is 25.5 Å². The Kier molecular flexibility index (Phi) is 6.94. The van der Waals surface area contributed by atoms with Crippen LogP contribution in [0, 0.1) is 0 Å². The zero-order valence-corrected chi connectivity index (χ0v) is 16.8. The van der Waals surface area contributed by atoms with Crippen molar-refractivity contribution in [2.75, 3.05) is 19.8 Å². The average molecular weight is 384 g/mol. The first-order chi connectivity index (χ1) is 13.2. The van der Waals surface area contributed by atoms with Gasteiger partial charge in [-0.05, 0) is 61.2 Å². The van der Waals surface area contributed by atoms with Gasteiger partial charge in [0.15, 0.2) is 11.5 Å². The zero-order chi connectivity index (χ0) is 19.1. The van der Waals surface area contributed by atoms with Crippen LogP contribution in [0.1, 0.15) is 43.4 Å². The maximum Gasteiger partial charge on any atom is 0.161 e. The second-order valence-corrected chi connectivity index (χ2v) is 6.93. The van der Waals surface area contributed by atoms with Crippen molar-refractivity contribution in [3.63, 3.8) is 0 Å². The highest BCUT2D eigenvalue weighted by atomic mass is 35.5. The molecule has 142 valence electrons. The van der Waals surface area contributed by atoms with Gasteiger partial charge in [0.05, 0.1) is 18.9 Å². The van der Waals surface area contributed by atoms with E-state index in [9.17, 15) is 0 Å². The SMILES string of the molecule is CCCCOc1cc2c(cc1OCC)C(/C=C/c1ccc(Cl)cc1)=NCC2. The highest BCUT2D eigenvalue weighted by Gasteiger charge is 2.17. The Morgan fingerprint density at radius 1 is 1.04 bits per heavy atom. The Morgan fingerprint density at radius 3 is 2.56 bits per heavy atom. The van der Waals surface area contributed by atoms with Gasteiger partial charge in [-0.1, -0.05) is 43.2 Å². The Labute approximate surface area is 166 Å². The number of nitrogens with zero attached hydrogens (tertiary/aromatic N) is 1. The Hall–Kier alpha value is -2.26. The van der Waals surface area contributed by atoms with E-state index >= 15 is 0 Å². The fraction of sp³-hybridized carbons (Fsp3) is 0.348. The number of unbranched alkanes of at least 4 members (excludes halogenated alkanes) is 1. The van der Waals surface area contributed by atoms with Crippen LogP contribution in [0.3, 0.4) is 0 Å². The van der Waals surface area contributed by atoms with Gasteiger partial charge in [0.1, 0.15) is 0 Å². The maximum atomic E-state index is 5.98. The number of fused-ring (bicyclic) bond motifs is 1. The first-order valence-electron chi connectivity index (χ1n) is 9.62. The third-order valence-electron chi connectivity index (χ3n) is 4.47. The number of benzene rings is 2. The summed E-state index contributed by atoms with van der Waals surface area (Å²) < 4.78 is 11.8. The van der Waals surface area contributed by atoms with Crippen molar-refractivity contribution in [2.24, 2.45) is 4.99 Å². The summed E-state index contributed by atoms with van der Waals surface area (Å²) in [5, 5.41) is 0.740. The van der Waals surface area contributed by atoms with Crippen molar-refractivity contribution in [3.8, 4) is 11.5 Å². The molecule has 2 aromatic carbocycles. The quantitative estimate of drug-likeness (QED) is 0.525. The second-order valence-electron chi connectivity index (χ2n) is 6.49. The molecule has 0 unspecified atom stereocenters. The third kappa shape index (κ3) is 5.14. The first-order valence-corrected chi connectivity index (χ1v) is 10.00.